The van der Waals surface area contributed by atoms with Gasteiger partial charge in [-0.3, -0.25) is 4.68 Å². The zero-order chi connectivity index (χ0) is 20.4. The number of rotatable bonds is 4. The molecule has 0 aliphatic carbocycles. The maximum absolute atomic E-state index is 13.2. The standard InChI is InChI=1S/C20H17F3N4O2/c21-14-6-4-13(5-7-14)17-11-24-27-9-8-26(12-18(17)27)20(28)25-15-2-1-3-16(10-15)29-19(22)23/h1-7,10-11,19H,8-9,12H2,(H,25,28). The monoisotopic (exact) mass is 402 g/mol. The maximum atomic E-state index is 13.2. The highest BCUT2D eigenvalue weighted by Gasteiger charge is 2.24. The summed E-state index contributed by atoms with van der Waals surface area (Å²) >= 11 is 0. The number of halogens is 3. The fourth-order valence-corrected chi connectivity index (χ4v) is 3.24. The van der Waals surface area contributed by atoms with Crippen LogP contribution < -0.4 is 10.1 Å². The Labute approximate surface area is 164 Å². The van der Waals surface area contributed by atoms with E-state index in [0.717, 1.165) is 16.8 Å². The fraction of sp³-hybridized carbons (Fsp3) is 0.200. The van der Waals surface area contributed by atoms with Gasteiger partial charge in [0.1, 0.15) is 11.6 Å². The van der Waals surface area contributed by atoms with Gasteiger partial charge in [0.05, 0.1) is 25.0 Å². The second kappa shape index (κ2) is 7.86. The van der Waals surface area contributed by atoms with Crippen LogP contribution in [-0.4, -0.2) is 33.9 Å². The first-order chi connectivity index (χ1) is 14.0. The number of alkyl halides is 2. The molecule has 1 aromatic heterocycles. The van der Waals surface area contributed by atoms with E-state index in [1.807, 2.05) is 4.68 Å². The molecule has 0 radical (unpaired) electrons. The van der Waals surface area contributed by atoms with E-state index in [2.05, 4.69) is 15.2 Å². The number of hydrogen-bond donors (Lipinski definition) is 1. The van der Waals surface area contributed by atoms with Crippen LogP contribution in [0.15, 0.2) is 54.7 Å². The van der Waals surface area contributed by atoms with E-state index in [9.17, 15) is 18.0 Å². The Hall–Kier alpha value is -3.49. The quantitative estimate of drug-likeness (QED) is 0.706. The molecule has 1 aliphatic heterocycles. The molecule has 1 N–H and O–H groups in total. The minimum Gasteiger partial charge on any atom is -0.435 e. The minimum absolute atomic E-state index is 0.0342. The van der Waals surface area contributed by atoms with Gasteiger partial charge in [0.15, 0.2) is 0 Å². The number of aromatic nitrogens is 2. The third-order valence-electron chi connectivity index (χ3n) is 4.62. The molecule has 0 bridgehead atoms. The summed E-state index contributed by atoms with van der Waals surface area (Å²) in [5.74, 6) is -0.359. The molecule has 3 aromatic rings. The van der Waals surface area contributed by atoms with Crippen LogP contribution in [0.5, 0.6) is 5.75 Å². The lowest BCUT2D eigenvalue weighted by molar-refractivity contribution is -0.0498. The van der Waals surface area contributed by atoms with Gasteiger partial charge in [-0.05, 0) is 29.8 Å². The van der Waals surface area contributed by atoms with Crippen molar-refractivity contribution in [2.24, 2.45) is 0 Å². The molecule has 29 heavy (non-hydrogen) atoms. The van der Waals surface area contributed by atoms with Gasteiger partial charge < -0.3 is 15.0 Å². The Morgan fingerprint density at radius 3 is 2.69 bits per heavy atom. The number of nitrogens with zero attached hydrogens (tertiary/aromatic N) is 3. The largest absolute Gasteiger partial charge is 0.435 e. The topological polar surface area (TPSA) is 59.4 Å². The number of hydrogen-bond acceptors (Lipinski definition) is 3. The zero-order valence-electron chi connectivity index (χ0n) is 15.2. The summed E-state index contributed by atoms with van der Waals surface area (Å²) in [4.78, 5) is 14.3. The SMILES string of the molecule is O=C(Nc1cccc(OC(F)F)c1)N1CCn2ncc(-c3ccc(F)cc3)c2C1. The number of carbonyl (C=O) groups excluding carboxylic acids is 1. The number of ether oxygens (including phenoxy) is 1. The molecule has 2 heterocycles. The predicted molar refractivity (Wildman–Crippen MR) is 100 cm³/mol. The summed E-state index contributed by atoms with van der Waals surface area (Å²) in [5.41, 5.74) is 2.83. The average Bonchev–Trinajstić information content (AvgIpc) is 3.11. The Bertz CT molecular complexity index is 1020. The lowest BCUT2D eigenvalue weighted by atomic mass is 10.1. The minimum atomic E-state index is -2.94. The summed E-state index contributed by atoms with van der Waals surface area (Å²) < 4.78 is 44.1. The van der Waals surface area contributed by atoms with Gasteiger partial charge in [-0.2, -0.15) is 13.9 Å². The number of amides is 2. The van der Waals surface area contributed by atoms with Gasteiger partial charge in [-0.25, -0.2) is 9.18 Å². The number of benzene rings is 2. The third-order valence-corrected chi connectivity index (χ3v) is 4.62. The molecule has 150 valence electrons. The van der Waals surface area contributed by atoms with Crippen molar-refractivity contribution in [1.29, 1.82) is 0 Å². The van der Waals surface area contributed by atoms with E-state index in [0.29, 0.717) is 25.3 Å². The van der Waals surface area contributed by atoms with Gasteiger partial charge >= 0.3 is 12.6 Å². The van der Waals surface area contributed by atoms with Crippen molar-refractivity contribution in [2.45, 2.75) is 19.7 Å². The first-order valence-corrected chi connectivity index (χ1v) is 8.91. The molecule has 0 saturated heterocycles. The molecule has 1 aliphatic rings. The molecule has 0 fully saturated rings. The van der Waals surface area contributed by atoms with Crippen LogP contribution in [0.4, 0.5) is 23.7 Å². The second-order valence-electron chi connectivity index (χ2n) is 6.49. The number of nitrogens with one attached hydrogen (secondary N) is 1. The molecule has 0 atom stereocenters. The highest BCUT2D eigenvalue weighted by Crippen LogP contribution is 2.27. The zero-order valence-corrected chi connectivity index (χ0v) is 15.2. The smallest absolute Gasteiger partial charge is 0.387 e. The van der Waals surface area contributed by atoms with E-state index in [-0.39, 0.29) is 17.6 Å². The van der Waals surface area contributed by atoms with Crippen molar-refractivity contribution in [3.8, 4) is 16.9 Å². The van der Waals surface area contributed by atoms with Gasteiger partial charge in [-0.15, -0.1) is 0 Å². The Morgan fingerprint density at radius 2 is 1.93 bits per heavy atom. The second-order valence-corrected chi connectivity index (χ2v) is 6.49. The average molecular weight is 402 g/mol. The molecular weight excluding hydrogens is 385 g/mol. The summed E-state index contributed by atoms with van der Waals surface area (Å²) in [5, 5.41) is 7.05. The van der Waals surface area contributed by atoms with Crippen molar-refractivity contribution < 1.29 is 22.7 Å². The van der Waals surface area contributed by atoms with Crippen molar-refractivity contribution in [3.63, 3.8) is 0 Å². The molecule has 6 nitrogen and oxygen atoms in total. The van der Waals surface area contributed by atoms with Gasteiger partial charge in [0, 0.05) is 23.9 Å². The van der Waals surface area contributed by atoms with Crippen LogP contribution in [0.1, 0.15) is 5.69 Å². The fourth-order valence-electron chi connectivity index (χ4n) is 3.24. The lowest BCUT2D eigenvalue weighted by Gasteiger charge is -2.28. The predicted octanol–water partition coefficient (Wildman–Crippen LogP) is 4.34. The maximum Gasteiger partial charge on any atom is 0.387 e. The van der Waals surface area contributed by atoms with Crippen molar-refractivity contribution >= 4 is 11.7 Å². The molecule has 0 spiro atoms. The number of anilines is 1. The van der Waals surface area contributed by atoms with Gasteiger partial charge in [-0.1, -0.05) is 18.2 Å². The lowest BCUT2D eigenvalue weighted by Crippen LogP contribution is -2.41. The van der Waals surface area contributed by atoms with Crippen LogP contribution in [0.3, 0.4) is 0 Å². The van der Waals surface area contributed by atoms with E-state index in [4.69, 9.17) is 0 Å². The van der Waals surface area contributed by atoms with Crippen LogP contribution in [0.25, 0.3) is 11.1 Å². The first-order valence-electron chi connectivity index (χ1n) is 8.91. The van der Waals surface area contributed by atoms with Crippen molar-refractivity contribution in [1.82, 2.24) is 14.7 Å². The Morgan fingerprint density at radius 1 is 1.14 bits per heavy atom. The normalized spacial score (nSPS) is 13.3. The van der Waals surface area contributed by atoms with Crippen LogP contribution in [0, 0.1) is 5.82 Å². The Balaban J connectivity index is 1.49. The molecule has 2 aromatic carbocycles. The molecule has 4 rings (SSSR count). The number of fused-ring (bicyclic) bond motifs is 1. The number of carbonyl (C=O) groups is 1. The number of urea groups is 1. The summed E-state index contributed by atoms with van der Waals surface area (Å²) in [6.07, 6.45) is 1.70. The highest BCUT2D eigenvalue weighted by molar-refractivity contribution is 5.89. The summed E-state index contributed by atoms with van der Waals surface area (Å²) in [6, 6.07) is 11.6. The van der Waals surface area contributed by atoms with E-state index >= 15 is 0 Å². The van der Waals surface area contributed by atoms with Crippen LogP contribution in [0.2, 0.25) is 0 Å². The van der Waals surface area contributed by atoms with Crippen molar-refractivity contribution in [3.05, 3.63) is 66.2 Å². The van der Waals surface area contributed by atoms with E-state index < -0.39 is 6.61 Å². The summed E-state index contributed by atoms with van der Waals surface area (Å²) in [7, 11) is 0. The van der Waals surface area contributed by atoms with E-state index in [1.54, 1.807) is 29.3 Å². The van der Waals surface area contributed by atoms with Gasteiger partial charge in [0.25, 0.3) is 0 Å². The van der Waals surface area contributed by atoms with Crippen molar-refractivity contribution in [2.75, 3.05) is 11.9 Å². The van der Waals surface area contributed by atoms with E-state index in [1.165, 1.54) is 30.3 Å². The molecule has 9 heteroatoms. The summed E-state index contributed by atoms with van der Waals surface area (Å²) in [6.45, 7) is -1.67. The van der Waals surface area contributed by atoms with Gasteiger partial charge in [0.2, 0.25) is 0 Å². The third kappa shape index (κ3) is 4.18. The Kier molecular flexibility index (Phi) is 5.11. The van der Waals surface area contributed by atoms with Crippen LogP contribution >= 0.6 is 0 Å². The molecule has 2 amide bonds. The molecular formula is C20H17F3N4O2. The molecule has 0 unspecified atom stereocenters. The first kappa shape index (κ1) is 18.9. The van der Waals surface area contributed by atoms with Crippen LogP contribution in [-0.2, 0) is 13.1 Å². The molecule has 0 saturated carbocycles. The highest BCUT2D eigenvalue weighted by atomic mass is 19.3.